The standard InChI is InChI=1S/C10H19N/c1-5-6-10(4)7-8-11-9(2)3/h7-8,10H,5-6H2,1-4H3/b8-7-. The van der Waals surface area contributed by atoms with Gasteiger partial charge in [0.2, 0.25) is 0 Å². The Morgan fingerprint density at radius 1 is 1.45 bits per heavy atom. The van der Waals surface area contributed by atoms with Crippen LogP contribution in [0.4, 0.5) is 0 Å². The van der Waals surface area contributed by atoms with Crippen LogP contribution in [0.25, 0.3) is 0 Å². The number of rotatable bonds is 4. The molecule has 0 rings (SSSR count). The van der Waals surface area contributed by atoms with Gasteiger partial charge in [-0.1, -0.05) is 26.3 Å². The fourth-order valence-corrected chi connectivity index (χ4v) is 0.891. The van der Waals surface area contributed by atoms with Crippen molar-refractivity contribution in [1.82, 2.24) is 0 Å². The Kier molecular flexibility index (Phi) is 5.81. The average Bonchev–Trinajstić information content (AvgIpc) is 1.87. The maximum absolute atomic E-state index is 4.18. The summed E-state index contributed by atoms with van der Waals surface area (Å²) < 4.78 is 0. The van der Waals surface area contributed by atoms with Crippen LogP contribution in [0.3, 0.4) is 0 Å². The number of allylic oxidation sites excluding steroid dienone is 1. The lowest BCUT2D eigenvalue weighted by molar-refractivity contribution is 0.633. The highest BCUT2D eigenvalue weighted by Crippen LogP contribution is 2.05. The van der Waals surface area contributed by atoms with Crippen LogP contribution < -0.4 is 0 Å². The molecule has 0 aromatic rings. The van der Waals surface area contributed by atoms with E-state index in [0.29, 0.717) is 5.92 Å². The zero-order chi connectivity index (χ0) is 8.69. The van der Waals surface area contributed by atoms with Gasteiger partial charge in [-0.05, 0) is 26.2 Å². The summed E-state index contributed by atoms with van der Waals surface area (Å²) in [7, 11) is 0. The predicted octanol–water partition coefficient (Wildman–Crippen LogP) is 3.42. The predicted molar refractivity (Wildman–Crippen MR) is 52.0 cm³/mol. The summed E-state index contributed by atoms with van der Waals surface area (Å²) in [6.45, 7) is 8.45. The topological polar surface area (TPSA) is 12.4 Å². The van der Waals surface area contributed by atoms with Crippen molar-refractivity contribution in [3.8, 4) is 0 Å². The molecule has 1 nitrogen and oxygen atoms in total. The van der Waals surface area contributed by atoms with E-state index in [1.54, 1.807) is 0 Å². The summed E-state index contributed by atoms with van der Waals surface area (Å²) in [5.41, 5.74) is 1.12. The van der Waals surface area contributed by atoms with Gasteiger partial charge in [0.1, 0.15) is 0 Å². The van der Waals surface area contributed by atoms with E-state index in [9.17, 15) is 0 Å². The Morgan fingerprint density at radius 3 is 2.55 bits per heavy atom. The van der Waals surface area contributed by atoms with Gasteiger partial charge >= 0.3 is 0 Å². The third-order valence-corrected chi connectivity index (χ3v) is 1.49. The van der Waals surface area contributed by atoms with Crippen molar-refractivity contribution in [2.24, 2.45) is 10.9 Å². The Labute approximate surface area is 70.2 Å². The monoisotopic (exact) mass is 153 g/mol. The van der Waals surface area contributed by atoms with Crippen LogP contribution in [0, 0.1) is 5.92 Å². The molecule has 1 atom stereocenters. The smallest absolute Gasteiger partial charge is 0.0229 e. The third-order valence-electron chi connectivity index (χ3n) is 1.49. The van der Waals surface area contributed by atoms with Crippen LogP contribution in [-0.2, 0) is 0 Å². The van der Waals surface area contributed by atoms with E-state index in [1.807, 2.05) is 20.0 Å². The number of hydrogen-bond donors (Lipinski definition) is 0. The fourth-order valence-electron chi connectivity index (χ4n) is 0.891. The fraction of sp³-hybridized carbons (Fsp3) is 0.700. The van der Waals surface area contributed by atoms with Crippen molar-refractivity contribution in [2.75, 3.05) is 0 Å². The van der Waals surface area contributed by atoms with Crippen molar-refractivity contribution in [3.63, 3.8) is 0 Å². The molecule has 0 radical (unpaired) electrons. The van der Waals surface area contributed by atoms with Crippen molar-refractivity contribution >= 4 is 5.71 Å². The van der Waals surface area contributed by atoms with Crippen LogP contribution in [0.15, 0.2) is 17.3 Å². The molecule has 0 aliphatic rings. The summed E-state index contributed by atoms with van der Waals surface area (Å²) in [6.07, 6.45) is 6.58. The lowest BCUT2D eigenvalue weighted by Gasteiger charge is -2.00. The summed E-state index contributed by atoms with van der Waals surface area (Å²) in [4.78, 5) is 4.18. The van der Waals surface area contributed by atoms with Gasteiger partial charge in [-0.15, -0.1) is 0 Å². The van der Waals surface area contributed by atoms with Crippen LogP contribution >= 0.6 is 0 Å². The molecule has 0 heterocycles. The molecule has 0 saturated carbocycles. The van der Waals surface area contributed by atoms with E-state index < -0.39 is 0 Å². The molecular weight excluding hydrogens is 134 g/mol. The Hall–Kier alpha value is -0.590. The summed E-state index contributed by atoms with van der Waals surface area (Å²) in [5, 5.41) is 0. The number of nitrogens with zero attached hydrogens (tertiary/aromatic N) is 1. The first-order chi connectivity index (χ1) is 5.16. The number of aliphatic imine (C=N–C) groups is 1. The quantitative estimate of drug-likeness (QED) is 0.549. The molecular formula is C10H19N. The molecule has 0 aliphatic carbocycles. The molecule has 1 unspecified atom stereocenters. The van der Waals surface area contributed by atoms with Crippen molar-refractivity contribution in [3.05, 3.63) is 12.3 Å². The van der Waals surface area contributed by atoms with Gasteiger partial charge in [0.25, 0.3) is 0 Å². The highest BCUT2D eigenvalue weighted by Gasteiger charge is 1.91. The largest absolute Gasteiger partial charge is 0.267 e. The van der Waals surface area contributed by atoms with Crippen LogP contribution in [-0.4, -0.2) is 5.71 Å². The van der Waals surface area contributed by atoms with E-state index in [-0.39, 0.29) is 0 Å². The second-order valence-electron chi connectivity index (χ2n) is 3.18. The molecule has 0 amide bonds. The van der Waals surface area contributed by atoms with Crippen molar-refractivity contribution in [1.29, 1.82) is 0 Å². The van der Waals surface area contributed by atoms with Crippen LogP contribution in [0.1, 0.15) is 40.5 Å². The minimum atomic E-state index is 0.670. The third kappa shape index (κ3) is 7.31. The van der Waals surface area contributed by atoms with Crippen molar-refractivity contribution < 1.29 is 0 Å². The summed E-state index contributed by atoms with van der Waals surface area (Å²) in [5.74, 6) is 0.670. The van der Waals surface area contributed by atoms with Gasteiger partial charge in [-0.2, -0.15) is 0 Å². The number of hydrogen-bond acceptors (Lipinski definition) is 1. The molecule has 0 spiro atoms. The summed E-state index contributed by atoms with van der Waals surface area (Å²) >= 11 is 0. The van der Waals surface area contributed by atoms with Gasteiger partial charge in [-0.3, -0.25) is 4.99 Å². The molecule has 0 aliphatic heterocycles. The van der Waals surface area contributed by atoms with E-state index in [1.165, 1.54) is 12.8 Å². The second-order valence-corrected chi connectivity index (χ2v) is 3.18. The van der Waals surface area contributed by atoms with Crippen LogP contribution in [0.2, 0.25) is 0 Å². The lowest BCUT2D eigenvalue weighted by atomic mass is 10.1. The van der Waals surface area contributed by atoms with Crippen LogP contribution in [0.5, 0.6) is 0 Å². The molecule has 0 saturated heterocycles. The first kappa shape index (κ1) is 10.4. The summed E-state index contributed by atoms with van der Waals surface area (Å²) in [6, 6.07) is 0. The molecule has 0 bridgehead atoms. The molecule has 0 aromatic carbocycles. The Balaban J connectivity index is 3.64. The minimum absolute atomic E-state index is 0.670. The SMILES string of the molecule is CCCC(C)/C=C\N=C(C)C. The lowest BCUT2D eigenvalue weighted by Crippen LogP contribution is -1.86. The maximum Gasteiger partial charge on any atom is 0.0229 e. The van der Waals surface area contributed by atoms with E-state index >= 15 is 0 Å². The highest BCUT2D eigenvalue weighted by molar-refractivity contribution is 5.79. The zero-order valence-corrected chi connectivity index (χ0v) is 8.09. The molecule has 11 heavy (non-hydrogen) atoms. The van der Waals surface area contributed by atoms with Gasteiger partial charge in [-0.25, -0.2) is 0 Å². The van der Waals surface area contributed by atoms with E-state index in [0.717, 1.165) is 5.71 Å². The first-order valence-electron chi connectivity index (χ1n) is 4.34. The molecule has 0 aromatic heterocycles. The molecule has 0 N–H and O–H groups in total. The van der Waals surface area contributed by atoms with E-state index in [2.05, 4.69) is 24.9 Å². The van der Waals surface area contributed by atoms with E-state index in [4.69, 9.17) is 0 Å². The average molecular weight is 153 g/mol. The second kappa shape index (κ2) is 6.14. The van der Waals surface area contributed by atoms with Gasteiger partial charge in [0.05, 0.1) is 0 Å². The molecule has 0 fully saturated rings. The maximum atomic E-state index is 4.18. The molecule has 64 valence electrons. The van der Waals surface area contributed by atoms with Gasteiger partial charge in [0, 0.05) is 11.9 Å². The Bertz CT molecular complexity index is 141. The molecule has 1 heteroatoms. The normalized spacial score (nSPS) is 13.5. The van der Waals surface area contributed by atoms with Crippen molar-refractivity contribution in [2.45, 2.75) is 40.5 Å². The zero-order valence-electron chi connectivity index (χ0n) is 8.09. The first-order valence-corrected chi connectivity index (χ1v) is 4.34. The van der Waals surface area contributed by atoms with Gasteiger partial charge < -0.3 is 0 Å². The Morgan fingerprint density at radius 2 is 2.09 bits per heavy atom. The van der Waals surface area contributed by atoms with Gasteiger partial charge in [0.15, 0.2) is 0 Å². The minimum Gasteiger partial charge on any atom is -0.267 e. The highest BCUT2D eigenvalue weighted by atomic mass is 14.7.